The van der Waals surface area contributed by atoms with Gasteiger partial charge in [0.2, 0.25) is 11.8 Å². The molecule has 0 spiro atoms. The number of nitrogens with one attached hydrogen (secondary N) is 2. The average molecular weight is 424 g/mol. The highest BCUT2D eigenvalue weighted by Gasteiger charge is 2.09. The molecule has 0 saturated heterocycles. The van der Waals surface area contributed by atoms with Crippen molar-refractivity contribution >= 4 is 46.9 Å². The lowest BCUT2D eigenvalue weighted by Crippen LogP contribution is -2.20. The first-order chi connectivity index (χ1) is 13.4. The standard InChI is InChI=1S/C19H19Cl2N3O4/c1-27-14-5-3-12(17(10-14)28-2)11-22-24-19(26)8-7-18(25)23-16-6-4-13(20)9-15(16)21/h3-6,9-11H,7-8H2,1-2H3,(H,23,25)(H,24,26)/b22-11+. The quantitative estimate of drug-likeness (QED) is 0.497. The topological polar surface area (TPSA) is 89.0 Å². The Morgan fingerprint density at radius 3 is 2.46 bits per heavy atom. The lowest BCUT2D eigenvalue weighted by molar-refractivity contribution is -0.124. The summed E-state index contributed by atoms with van der Waals surface area (Å²) in [5, 5.41) is 7.29. The lowest BCUT2D eigenvalue weighted by atomic mass is 10.2. The molecule has 0 aromatic heterocycles. The molecule has 9 heteroatoms. The van der Waals surface area contributed by atoms with E-state index in [0.717, 1.165) is 0 Å². The number of hydrazone groups is 1. The third kappa shape index (κ3) is 6.44. The Labute approximate surface area is 172 Å². The first kappa shape index (κ1) is 21.5. The van der Waals surface area contributed by atoms with Gasteiger partial charge in [-0.05, 0) is 30.3 Å². The Morgan fingerprint density at radius 1 is 1.04 bits per heavy atom. The van der Waals surface area contributed by atoms with Crippen LogP contribution in [0.1, 0.15) is 18.4 Å². The molecule has 2 rings (SSSR count). The second kappa shape index (κ2) is 10.5. The van der Waals surface area contributed by atoms with Crippen LogP contribution in [-0.4, -0.2) is 32.2 Å². The number of amides is 2. The van der Waals surface area contributed by atoms with Crippen LogP contribution in [0.2, 0.25) is 10.0 Å². The molecule has 2 aromatic carbocycles. The summed E-state index contributed by atoms with van der Waals surface area (Å²) in [5.74, 6) is 0.447. The van der Waals surface area contributed by atoms with Gasteiger partial charge in [-0.3, -0.25) is 9.59 Å². The van der Waals surface area contributed by atoms with Crippen LogP contribution in [0.3, 0.4) is 0 Å². The molecule has 2 amide bonds. The molecule has 148 valence electrons. The molecule has 0 radical (unpaired) electrons. The zero-order valence-corrected chi connectivity index (χ0v) is 16.8. The van der Waals surface area contributed by atoms with Gasteiger partial charge in [0.25, 0.3) is 0 Å². The van der Waals surface area contributed by atoms with Crippen LogP contribution in [0.15, 0.2) is 41.5 Å². The molecule has 0 saturated carbocycles. The molecule has 0 aliphatic heterocycles. The largest absolute Gasteiger partial charge is 0.497 e. The Kier molecular flexibility index (Phi) is 8.10. The molecule has 0 unspecified atom stereocenters. The van der Waals surface area contributed by atoms with Gasteiger partial charge in [0, 0.05) is 29.5 Å². The third-order valence-electron chi connectivity index (χ3n) is 3.62. The van der Waals surface area contributed by atoms with Crippen molar-refractivity contribution in [3.63, 3.8) is 0 Å². The van der Waals surface area contributed by atoms with Crippen molar-refractivity contribution in [1.82, 2.24) is 5.43 Å². The van der Waals surface area contributed by atoms with Gasteiger partial charge in [0.1, 0.15) is 11.5 Å². The number of carbonyl (C=O) groups is 2. The minimum Gasteiger partial charge on any atom is -0.497 e. The molecule has 0 aliphatic carbocycles. The molecule has 2 aromatic rings. The molecule has 0 fully saturated rings. The molecular weight excluding hydrogens is 405 g/mol. The fourth-order valence-electron chi connectivity index (χ4n) is 2.19. The van der Waals surface area contributed by atoms with E-state index in [9.17, 15) is 9.59 Å². The Morgan fingerprint density at radius 2 is 1.79 bits per heavy atom. The van der Waals surface area contributed by atoms with E-state index in [2.05, 4.69) is 15.8 Å². The summed E-state index contributed by atoms with van der Waals surface area (Å²) in [6, 6.07) is 9.92. The molecule has 7 nitrogen and oxygen atoms in total. The van der Waals surface area contributed by atoms with Gasteiger partial charge in [0.05, 0.1) is 31.1 Å². The molecule has 0 bridgehead atoms. The van der Waals surface area contributed by atoms with E-state index < -0.39 is 5.91 Å². The van der Waals surface area contributed by atoms with Crippen molar-refractivity contribution < 1.29 is 19.1 Å². The van der Waals surface area contributed by atoms with E-state index >= 15 is 0 Å². The van der Waals surface area contributed by atoms with E-state index in [4.69, 9.17) is 32.7 Å². The number of halogens is 2. The normalized spacial score (nSPS) is 10.6. The SMILES string of the molecule is COc1ccc(/C=N/NC(=O)CCC(=O)Nc2ccc(Cl)cc2Cl)c(OC)c1. The maximum Gasteiger partial charge on any atom is 0.240 e. The summed E-state index contributed by atoms with van der Waals surface area (Å²) < 4.78 is 10.4. The molecule has 0 aliphatic rings. The maximum absolute atomic E-state index is 11.9. The Bertz CT molecular complexity index is 887. The average Bonchev–Trinajstić information content (AvgIpc) is 2.68. The van der Waals surface area contributed by atoms with Gasteiger partial charge in [0.15, 0.2) is 0 Å². The number of rotatable bonds is 8. The third-order valence-corrected chi connectivity index (χ3v) is 4.17. The van der Waals surface area contributed by atoms with Crippen LogP contribution in [0.4, 0.5) is 5.69 Å². The Balaban J connectivity index is 1.82. The van der Waals surface area contributed by atoms with Gasteiger partial charge >= 0.3 is 0 Å². The molecular formula is C19H19Cl2N3O4. The number of hydrogen-bond donors (Lipinski definition) is 2. The van der Waals surface area contributed by atoms with Crippen molar-refractivity contribution in [2.45, 2.75) is 12.8 Å². The van der Waals surface area contributed by atoms with Crippen molar-refractivity contribution in [3.8, 4) is 11.5 Å². The number of benzene rings is 2. The first-order valence-electron chi connectivity index (χ1n) is 8.21. The van der Waals surface area contributed by atoms with E-state index in [0.29, 0.717) is 32.8 Å². The van der Waals surface area contributed by atoms with Gasteiger partial charge in [-0.25, -0.2) is 5.43 Å². The smallest absolute Gasteiger partial charge is 0.240 e. The summed E-state index contributed by atoms with van der Waals surface area (Å²) in [4.78, 5) is 23.8. The van der Waals surface area contributed by atoms with Gasteiger partial charge in [-0.15, -0.1) is 0 Å². The van der Waals surface area contributed by atoms with E-state index in [1.807, 2.05) is 0 Å². The highest BCUT2D eigenvalue weighted by Crippen LogP contribution is 2.25. The highest BCUT2D eigenvalue weighted by molar-refractivity contribution is 6.36. The van der Waals surface area contributed by atoms with Gasteiger partial charge in [-0.2, -0.15) is 5.10 Å². The summed E-state index contributed by atoms with van der Waals surface area (Å²) in [5.41, 5.74) is 3.47. The van der Waals surface area contributed by atoms with Crippen LogP contribution in [-0.2, 0) is 9.59 Å². The minimum atomic E-state index is -0.402. The Hall–Kier alpha value is -2.77. The van der Waals surface area contributed by atoms with Crippen LogP contribution in [0.5, 0.6) is 11.5 Å². The van der Waals surface area contributed by atoms with Crippen LogP contribution in [0.25, 0.3) is 0 Å². The molecule has 0 atom stereocenters. The number of ether oxygens (including phenoxy) is 2. The second-order valence-corrected chi connectivity index (χ2v) is 6.42. The van der Waals surface area contributed by atoms with E-state index in [1.54, 1.807) is 37.4 Å². The molecule has 0 heterocycles. The summed E-state index contributed by atoms with van der Waals surface area (Å²) in [6.45, 7) is 0. The predicted molar refractivity (Wildman–Crippen MR) is 110 cm³/mol. The highest BCUT2D eigenvalue weighted by atomic mass is 35.5. The van der Waals surface area contributed by atoms with Crippen LogP contribution < -0.4 is 20.2 Å². The van der Waals surface area contributed by atoms with Crippen LogP contribution >= 0.6 is 23.2 Å². The van der Waals surface area contributed by atoms with Gasteiger partial charge in [-0.1, -0.05) is 23.2 Å². The fraction of sp³-hybridized carbons (Fsp3) is 0.211. The summed E-state index contributed by atoms with van der Waals surface area (Å²) >= 11 is 11.8. The van der Waals surface area contributed by atoms with E-state index in [-0.39, 0.29) is 18.7 Å². The van der Waals surface area contributed by atoms with Gasteiger partial charge < -0.3 is 14.8 Å². The lowest BCUT2D eigenvalue weighted by Gasteiger charge is -2.07. The molecule has 28 heavy (non-hydrogen) atoms. The second-order valence-electron chi connectivity index (χ2n) is 5.57. The first-order valence-corrected chi connectivity index (χ1v) is 8.97. The maximum atomic E-state index is 11.9. The zero-order chi connectivity index (χ0) is 20.5. The van der Waals surface area contributed by atoms with Crippen molar-refractivity contribution in [3.05, 3.63) is 52.0 Å². The number of carbonyl (C=O) groups excluding carboxylic acids is 2. The monoisotopic (exact) mass is 423 g/mol. The number of anilines is 1. The summed E-state index contributed by atoms with van der Waals surface area (Å²) in [7, 11) is 3.08. The van der Waals surface area contributed by atoms with E-state index in [1.165, 1.54) is 19.4 Å². The number of nitrogens with zero attached hydrogens (tertiary/aromatic N) is 1. The minimum absolute atomic E-state index is 0.0217. The number of methoxy groups -OCH3 is 2. The van der Waals surface area contributed by atoms with Crippen molar-refractivity contribution in [2.75, 3.05) is 19.5 Å². The predicted octanol–water partition coefficient (Wildman–Crippen LogP) is 3.88. The fourth-order valence-corrected chi connectivity index (χ4v) is 2.64. The van der Waals surface area contributed by atoms with Crippen molar-refractivity contribution in [2.24, 2.45) is 5.10 Å². The zero-order valence-electron chi connectivity index (χ0n) is 15.3. The van der Waals surface area contributed by atoms with Crippen molar-refractivity contribution in [1.29, 1.82) is 0 Å². The number of hydrogen-bond acceptors (Lipinski definition) is 5. The van der Waals surface area contributed by atoms with Crippen LogP contribution in [0, 0.1) is 0 Å². The summed E-state index contributed by atoms with van der Waals surface area (Å²) in [6.07, 6.45) is 1.39. The molecule has 2 N–H and O–H groups in total.